The van der Waals surface area contributed by atoms with Crippen LogP contribution in [0, 0.1) is 0 Å². The lowest BCUT2D eigenvalue weighted by atomic mass is 10.1. The molecule has 7 heteroatoms. The van der Waals surface area contributed by atoms with Gasteiger partial charge < -0.3 is 10.1 Å². The van der Waals surface area contributed by atoms with Gasteiger partial charge in [-0.25, -0.2) is 8.42 Å². The Labute approximate surface area is 133 Å². The van der Waals surface area contributed by atoms with E-state index in [9.17, 15) is 8.42 Å². The molecule has 120 valence electrons. The van der Waals surface area contributed by atoms with Gasteiger partial charge in [0.1, 0.15) is 5.75 Å². The van der Waals surface area contributed by atoms with Gasteiger partial charge in [-0.1, -0.05) is 6.07 Å². The van der Waals surface area contributed by atoms with Crippen molar-refractivity contribution in [2.75, 3.05) is 26.7 Å². The van der Waals surface area contributed by atoms with Crippen molar-refractivity contribution in [2.24, 2.45) is 0 Å². The van der Waals surface area contributed by atoms with E-state index in [-0.39, 0.29) is 12.4 Å². The first kappa shape index (κ1) is 18.2. The van der Waals surface area contributed by atoms with Gasteiger partial charge in [-0.15, -0.1) is 12.4 Å². The molecule has 2 rings (SSSR count). The maximum absolute atomic E-state index is 12.6. The summed E-state index contributed by atoms with van der Waals surface area (Å²) in [6, 6.07) is 7.13. The summed E-state index contributed by atoms with van der Waals surface area (Å²) in [5.41, 5.74) is 0. The molecule has 0 aromatic heterocycles. The third-order valence-corrected chi connectivity index (χ3v) is 5.51. The van der Waals surface area contributed by atoms with E-state index < -0.39 is 10.0 Å². The van der Waals surface area contributed by atoms with Crippen LogP contribution in [0.2, 0.25) is 0 Å². The minimum atomic E-state index is -3.41. The van der Waals surface area contributed by atoms with Crippen molar-refractivity contribution in [1.29, 1.82) is 0 Å². The Morgan fingerprint density at radius 1 is 1.33 bits per heavy atom. The van der Waals surface area contributed by atoms with Gasteiger partial charge in [0.25, 0.3) is 0 Å². The van der Waals surface area contributed by atoms with E-state index in [4.69, 9.17) is 4.74 Å². The first-order valence-electron chi connectivity index (χ1n) is 6.98. The summed E-state index contributed by atoms with van der Waals surface area (Å²) in [6.07, 6.45) is 1.70. The Morgan fingerprint density at radius 2 is 2.00 bits per heavy atom. The zero-order chi connectivity index (χ0) is 14.6. The molecule has 0 spiro atoms. The van der Waals surface area contributed by atoms with Crippen molar-refractivity contribution in [1.82, 2.24) is 9.62 Å². The van der Waals surface area contributed by atoms with Crippen molar-refractivity contribution in [2.45, 2.75) is 30.7 Å². The van der Waals surface area contributed by atoms with Gasteiger partial charge in [-0.3, -0.25) is 0 Å². The van der Waals surface area contributed by atoms with E-state index in [0.29, 0.717) is 36.4 Å². The number of rotatable bonds is 5. The van der Waals surface area contributed by atoms with Crippen molar-refractivity contribution >= 4 is 22.4 Å². The minimum absolute atomic E-state index is 0. The summed E-state index contributed by atoms with van der Waals surface area (Å²) in [5.74, 6) is 0.596. The topological polar surface area (TPSA) is 58.6 Å². The van der Waals surface area contributed by atoms with Crippen LogP contribution in [-0.4, -0.2) is 45.5 Å². The predicted octanol–water partition coefficient (Wildman–Crippen LogP) is 1.88. The van der Waals surface area contributed by atoms with Crippen LogP contribution in [0.15, 0.2) is 29.2 Å². The van der Waals surface area contributed by atoms with Crippen molar-refractivity contribution in [3.8, 4) is 5.75 Å². The fourth-order valence-electron chi connectivity index (χ4n) is 2.43. The van der Waals surface area contributed by atoms with Gasteiger partial charge in [0, 0.05) is 25.2 Å². The first-order chi connectivity index (χ1) is 9.57. The molecule has 1 aliphatic heterocycles. The molecular formula is C14H23ClN2O3S. The molecule has 0 unspecified atom stereocenters. The third-order valence-electron chi connectivity index (χ3n) is 3.62. The molecule has 0 radical (unpaired) electrons. The van der Waals surface area contributed by atoms with E-state index in [1.807, 2.05) is 14.0 Å². The van der Waals surface area contributed by atoms with Crippen LogP contribution in [0.1, 0.15) is 19.8 Å². The van der Waals surface area contributed by atoms with Crippen molar-refractivity contribution in [3.05, 3.63) is 24.3 Å². The summed E-state index contributed by atoms with van der Waals surface area (Å²) in [5, 5.41) is 3.20. The number of sulfonamides is 1. The van der Waals surface area contributed by atoms with Crippen LogP contribution in [0.25, 0.3) is 0 Å². The molecule has 0 saturated carbocycles. The molecule has 0 amide bonds. The fraction of sp³-hybridized carbons (Fsp3) is 0.571. The zero-order valence-electron chi connectivity index (χ0n) is 12.4. The van der Waals surface area contributed by atoms with Gasteiger partial charge >= 0.3 is 0 Å². The quantitative estimate of drug-likeness (QED) is 0.893. The standard InChI is InChI=1S/C14H22N2O3S.ClH/c1-3-19-13-5-4-6-14(11-13)20(17,18)16-9-7-12(15-2)8-10-16;/h4-6,11-12,15H,3,7-10H2,1-2H3;1H. The molecule has 5 nitrogen and oxygen atoms in total. The number of nitrogens with one attached hydrogen (secondary N) is 1. The van der Waals surface area contributed by atoms with Crippen molar-refractivity contribution in [3.63, 3.8) is 0 Å². The van der Waals surface area contributed by atoms with E-state index in [0.717, 1.165) is 12.8 Å². The minimum Gasteiger partial charge on any atom is -0.494 e. The highest BCUT2D eigenvalue weighted by Gasteiger charge is 2.28. The zero-order valence-corrected chi connectivity index (χ0v) is 14.0. The smallest absolute Gasteiger partial charge is 0.243 e. The summed E-state index contributed by atoms with van der Waals surface area (Å²) >= 11 is 0. The molecule has 1 saturated heterocycles. The van der Waals surface area contributed by atoms with Gasteiger partial charge in [-0.05, 0) is 38.9 Å². The molecular weight excluding hydrogens is 312 g/mol. The van der Waals surface area contributed by atoms with Crippen LogP contribution in [-0.2, 0) is 10.0 Å². The summed E-state index contributed by atoms with van der Waals surface area (Å²) in [7, 11) is -1.49. The van der Waals surface area contributed by atoms with E-state index in [1.165, 1.54) is 0 Å². The molecule has 21 heavy (non-hydrogen) atoms. The molecule has 1 N–H and O–H groups in total. The number of piperidine rings is 1. The molecule has 0 aliphatic carbocycles. The predicted molar refractivity (Wildman–Crippen MR) is 85.7 cm³/mol. The van der Waals surface area contributed by atoms with E-state index in [2.05, 4.69) is 5.32 Å². The second-order valence-corrected chi connectivity index (χ2v) is 6.81. The molecule has 1 heterocycles. The largest absolute Gasteiger partial charge is 0.494 e. The lowest BCUT2D eigenvalue weighted by Crippen LogP contribution is -2.43. The molecule has 0 atom stereocenters. The highest BCUT2D eigenvalue weighted by Crippen LogP contribution is 2.23. The normalized spacial score (nSPS) is 17.2. The van der Waals surface area contributed by atoms with Crippen molar-refractivity contribution < 1.29 is 13.2 Å². The molecule has 0 bridgehead atoms. The first-order valence-corrected chi connectivity index (χ1v) is 8.42. The second kappa shape index (κ2) is 7.98. The summed E-state index contributed by atoms with van der Waals surface area (Å²) < 4.78 is 32.1. The lowest BCUT2D eigenvalue weighted by Gasteiger charge is -2.31. The SMILES string of the molecule is CCOc1cccc(S(=O)(=O)N2CCC(NC)CC2)c1.Cl. The van der Waals surface area contributed by atoms with Crippen LogP contribution in [0.3, 0.4) is 0 Å². The lowest BCUT2D eigenvalue weighted by molar-refractivity contribution is 0.298. The summed E-state index contributed by atoms with van der Waals surface area (Å²) in [4.78, 5) is 0.311. The second-order valence-electron chi connectivity index (χ2n) is 4.87. The van der Waals surface area contributed by atoms with Crippen LogP contribution >= 0.6 is 12.4 Å². The fourth-order valence-corrected chi connectivity index (χ4v) is 3.93. The van der Waals surface area contributed by atoms with Gasteiger partial charge in [0.15, 0.2) is 0 Å². The number of hydrogen-bond acceptors (Lipinski definition) is 4. The van der Waals surface area contributed by atoms with Gasteiger partial charge in [-0.2, -0.15) is 4.31 Å². The maximum Gasteiger partial charge on any atom is 0.243 e. The molecule has 1 aromatic carbocycles. The average molecular weight is 335 g/mol. The highest BCUT2D eigenvalue weighted by atomic mass is 35.5. The Morgan fingerprint density at radius 3 is 2.57 bits per heavy atom. The molecule has 1 aliphatic rings. The number of nitrogens with zero attached hydrogens (tertiary/aromatic N) is 1. The van der Waals surface area contributed by atoms with Crippen LogP contribution < -0.4 is 10.1 Å². The Bertz CT molecular complexity index is 543. The monoisotopic (exact) mass is 334 g/mol. The van der Waals surface area contributed by atoms with Crippen LogP contribution in [0.4, 0.5) is 0 Å². The highest BCUT2D eigenvalue weighted by molar-refractivity contribution is 7.89. The third kappa shape index (κ3) is 4.32. The Kier molecular flexibility index (Phi) is 6.93. The number of benzene rings is 1. The Balaban J connectivity index is 0.00000220. The number of hydrogen-bond donors (Lipinski definition) is 1. The molecule has 1 fully saturated rings. The van der Waals surface area contributed by atoms with E-state index in [1.54, 1.807) is 28.6 Å². The van der Waals surface area contributed by atoms with Gasteiger partial charge in [0.05, 0.1) is 11.5 Å². The Hall–Kier alpha value is -0.820. The maximum atomic E-state index is 12.6. The van der Waals surface area contributed by atoms with Gasteiger partial charge in [0.2, 0.25) is 10.0 Å². The molecule has 1 aromatic rings. The number of ether oxygens (including phenoxy) is 1. The average Bonchev–Trinajstić information content (AvgIpc) is 2.48. The number of halogens is 1. The van der Waals surface area contributed by atoms with E-state index >= 15 is 0 Å². The van der Waals surface area contributed by atoms with Crippen LogP contribution in [0.5, 0.6) is 5.75 Å². The summed E-state index contributed by atoms with van der Waals surface area (Å²) in [6.45, 7) is 3.53.